The number of allylic oxidation sites excluding steroid dienone is 1. The fourth-order valence-electron chi connectivity index (χ4n) is 1.68. The second-order valence-electron chi connectivity index (χ2n) is 3.49. The van der Waals surface area contributed by atoms with Crippen molar-refractivity contribution in [2.45, 2.75) is 6.42 Å². The average Bonchev–Trinajstić information content (AvgIpc) is 2.83. The van der Waals surface area contributed by atoms with Crippen molar-refractivity contribution in [1.29, 1.82) is 0 Å². The van der Waals surface area contributed by atoms with Gasteiger partial charge in [-0.1, -0.05) is 18.2 Å². The molecule has 82 valence electrons. The van der Waals surface area contributed by atoms with Crippen LogP contribution in [0.2, 0.25) is 0 Å². The first-order chi connectivity index (χ1) is 7.85. The van der Waals surface area contributed by atoms with E-state index in [1.807, 2.05) is 12.1 Å². The maximum absolute atomic E-state index is 5.26. The summed E-state index contributed by atoms with van der Waals surface area (Å²) in [7, 11) is 1.70. The second kappa shape index (κ2) is 4.99. The van der Waals surface area contributed by atoms with Crippen LogP contribution >= 0.6 is 11.3 Å². The van der Waals surface area contributed by atoms with E-state index in [0.29, 0.717) is 0 Å². The van der Waals surface area contributed by atoms with Crippen LogP contribution in [0, 0.1) is 0 Å². The Labute approximate surface area is 100 Å². The molecule has 0 aliphatic rings. The largest absolute Gasteiger partial charge is 0.497 e. The van der Waals surface area contributed by atoms with Gasteiger partial charge in [-0.2, -0.15) is 0 Å². The molecule has 1 aromatic heterocycles. The van der Waals surface area contributed by atoms with Crippen LogP contribution < -0.4 is 4.74 Å². The van der Waals surface area contributed by atoms with E-state index in [-0.39, 0.29) is 0 Å². The standard InChI is InChI=1S/C14H14OS/c1-3-5-11-7-8-12(15-2)10-13(11)14-6-4-9-16-14/h3-4,6-10H,1,5H2,2H3. The summed E-state index contributed by atoms with van der Waals surface area (Å²) in [6, 6.07) is 10.4. The Hall–Kier alpha value is -1.54. The van der Waals surface area contributed by atoms with Crippen molar-refractivity contribution >= 4 is 11.3 Å². The predicted octanol–water partition coefficient (Wildman–Crippen LogP) is 4.15. The van der Waals surface area contributed by atoms with Gasteiger partial charge < -0.3 is 4.74 Å². The van der Waals surface area contributed by atoms with Crippen LogP contribution in [0.25, 0.3) is 10.4 Å². The molecule has 2 rings (SSSR count). The number of rotatable bonds is 4. The zero-order valence-corrected chi connectivity index (χ0v) is 10.1. The van der Waals surface area contributed by atoms with E-state index >= 15 is 0 Å². The van der Waals surface area contributed by atoms with Crippen molar-refractivity contribution in [3.63, 3.8) is 0 Å². The SMILES string of the molecule is C=CCc1ccc(OC)cc1-c1cccs1. The summed E-state index contributed by atoms with van der Waals surface area (Å²) < 4.78 is 5.26. The summed E-state index contributed by atoms with van der Waals surface area (Å²) in [6.07, 6.45) is 2.82. The molecule has 0 saturated heterocycles. The first-order valence-corrected chi connectivity index (χ1v) is 6.05. The molecule has 2 aromatic rings. The van der Waals surface area contributed by atoms with Crippen molar-refractivity contribution in [2.75, 3.05) is 7.11 Å². The van der Waals surface area contributed by atoms with Crippen molar-refractivity contribution < 1.29 is 4.74 Å². The molecule has 0 unspecified atom stereocenters. The Kier molecular flexibility index (Phi) is 3.42. The van der Waals surface area contributed by atoms with Crippen LogP contribution in [0.4, 0.5) is 0 Å². The molecule has 1 aromatic carbocycles. The summed E-state index contributed by atoms with van der Waals surface area (Å²) in [6.45, 7) is 3.79. The Morgan fingerprint density at radius 2 is 2.25 bits per heavy atom. The van der Waals surface area contributed by atoms with Crippen LogP contribution in [0.5, 0.6) is 5.75 Å². The Balaban J connectivity index is 2.50. The van der Waals surface area contributed by atoms with E-state index in [9.17, 15) is 0 Å². The van der Waals surface area contributed by atoms with Gasteiger partial charge in [0, 0.05) is 4.88 Å². The first kappa shape index (κ1) is 11.0. The maximum atomic E-state index is 5.26. The number of hydrogen-bond donors (Lipinski definition) is 0. The molecule has 1 nitrogen and oxygen atoms in total. The van der Waals surface area contributed by atoms with Gasteiger partial charge >= 0.3 is 0 Å². The zero-order valence-electron chi connectivity index (χ0n) is 9.27. The highest BCUT2D eigenvalue weighted by molar-refractivity contribution is 7.13. The zero-order chi connectivity index (χ0) is 11.4. The minimum absolute atomic E-state index is 0.886. The molecule has 0 saturated carbocycles. The summed E-state index contributed by atoms with van der Waals surface area (Å²) in [5, 5.41) is 2.09. The van der Waals surface area contributed by atoms with Crippen molar-refractivity contribution in [3.05, 3.63) is 53.9 Å². The number of ether oxygens (including phenoxy) is 1. The first-order valence-electron chi connectivity index (χ1n) is 5.17. The minimum atomic E-state index is 0.886. The monoisotopic (exact) mass is 230 g/mol. The highest BCUT2D eigenvalue weighted by Crippen LogP contribution is 2.31. The molecule has 0 aliphatic heterocycles. The van der Waals surface area contributed by atoms with Crippen LogP contribution in [-0.4, -0.2) is 7.11 Å². The summed E-state index contributed by atoms with van der Waals surface area (Å²) >= 11 is 1.75. The van der Waals surface area contributed by atoms with E-state index in [4.69, 9.17) is 4.74 Å². The van der Waals surface area contributed by atoms with Crippen LogP contribution in [0.15, 0.2) is 48.4 Å². The van der Waals surface area contributed by atoms with Gasteiger partial charge in [-0.3, -0.25) is 0 Å². The normalized spacial score (nSPS) is 10.1. The molecule has 0 radical (unpaired) electrons. The van der Waals surface area contributed by atoms with Crippen LogP contribution in [0.1, 0.15) is 5.56 Å². The number of thiophene rings is 1. The number of methoxy groups -OCH3 is 1. The van der Waals surface area contributed by atoms with Gasteiger partial charge in [-0.15, -0.1) is 17.9 Å². The topological polar surface area (TPSA) is 9.23 Å². The molecule has 2 heteroatoms. The van der Waals surface area contributed by atoms with Gasteiger partial charge in [0.15, 0.2) is 0 Å². The average molecular weight is 230 g/mol. The summed E-state index contributed by atoms with van der Waals surface area (Å²) in [5.74, 6) is 0.899. The summed E-state index contributed by atoms with van der Waals surface area (Å²) in [5.41, 5.74) is 2.53. The van der Waals surface area contributed by atoms with E-state index in [0.717, 1.165) is 12.2 Å². The van der Waals surface area contributed by atoms with Gasteiger partial charge in [0.2, 0.25) is 0 Å². The lowest BCUT2D eigenvalue weighted by atomic mass is 10.0. The number of hydrogen-bond acceptors (Lipinski definition) is 2. The van der Waals surface area contributed by atoms with Gasteiger partial charge in [-0.05, 0) is 41.1 Å². The Bertz CT molecular complexity index is 471. The molecule has 0 spiro atoms. The highest BCUT2D eigenvalue weighted by Gasteiger charge is 2.06. The molecule has 1 heterocycles. The van der Waals surface area contributed by atoms with Crippen molar-refractivity contribution in [2.24, 2.45) is 0 Å². The lowest BCUT2D eigenvalue weighted by molar-refractivity contribution is 0.415. The van der Waals surface area contributed by atoms with E-state index in [2.05, 4.69) is 36.2 Å². The quantitative estimate of drug-likeness (QED) is 0.717. The molecule has 0 atom stereocenters. The third-order valence-corrected chi connectivity index (χ3v) is 3.37. The van der Waals surface area contributed by atoms with Crippen LogP contribution in [0.3, 0.4) is 0 Å². The van der Waals surface area contributed by atoms with E-state index in [1.54, 1.807) is 18.4 Å². The lowest BCUT2D eigenvalue weighted by Gasteiger charge is -2.08. The molecule has 0 aliphatic carbocycles. The predicted molar refractivity (Wildman–Crippen MR) is 70.2 cm³/mol. The molecule has 16 heavy (non-hydrogen) atoms. The fraction of sp³-hybridized carbons (Fsp3) is 0.143. The Morgan fingerprint density at radius 3 is 2.88 bits per heavy atom. The van der Waals surface area contributed by atoms with Gasteiger partial charge in [0.05, 0.1) is 7.11 Å². The van der Waals surface area contributed by atoms with Crippen LogP contribution in [-0.2, 0) is 6.42 Å². The lowest BCUT2D eigenvalue weighted by Crippen LogP contribution is -1.89. The van der Waals surface area contributed by atoms with Gasteiger partial charge in [-0.25, -0.2) is 0 Å². The molecule has 0 fully saturated rings. The summed E-state index contributed by atoms with van der Waals surface area (Å²) in [4.78, 5) is 1.27. The maximum Gasteiger partial charge on any atom is 0.119 e. The molecular formula is C14H14OS. The van der Waals surface area contributed by atoms with E-state index in [1.165, 1.54) is 16.0 Å². The van der Waals surface area contributed by atoms with Crippen molar-refractivity contribution in [1.82, 2.24) is 0 Å². The molecule has 0 bridgehead atoms. The van der Waals surface area contributed by atoms with Gasteiger partial charge in [0.1, 0.15) is 5.75 Å². The highest BCUT2D eigenvalue weighted by atomic mass is 32.1. The molecule has 0 N–H and O–H groups in total. The van der Waals surface area contributed by atoms with Gasteiger partial charge in [0.25, 0.3) is 0 Å². The molecule has 0 amide bonds. The van der Waals surface area contributed by atoms with Crippen molar-refractivity contribution in [3.8, 4) is 16.2 Å². The smallest absolute Gasteiger partial charge is 0.119 e. The van der Waals surface area contributed by atoms with E-state index < -0.39 is 0 Å². The molecular weight excluding hydrogens is 216 g/mol. The second-order valence-corrected chi connectivity index (χ2v) is 4.44. The third-order valence-electron chi connectivity index (χ3n) is 2.47. The minimum Gasteiger partial charge on any atom is -0.497 e. The fourth-order valence-corrected chi connectivity index (χ4v) is 2.46. The Morgan fingerprint density at radius 1 is 1.38 bits per heavy atom. The third kappa shape index (κ3) is 2.17. The number of benzene rings is 1.